The van der Waals surface area contributed by atoms with Gasteiger partial charge >= 0.3 is 6.04 Å². The van der Waals surface area contributed by atoms with E-state index in [4.69, 9.17) is 28.7 Å². The highest BCUT2D eigenvalue weighted by molar-refractivity contribution is 7.84. The van der Waals surface area contributed by atoms with Crippen molar-refractivity contribution in [2.45, 2.75) is 339 Å². The quantitative estimate of drug-likeness (QED) is 0.148. The van der Waals surface area contributed by atoms with Crippen molar-refractivity contribution in [1.82, 2.24) is 35.3 Å². The molecule has 17 rings (SSSR count). The summed E-state index contributed by atoms with van der Waals surface area (Å²) >= 11 is 0. The van der Waals surface area contributed by atoms with Gasteiger partial charge in [-0.2, -0.15) is 4.39 Å². The van der Waals surface area contributed by atoms with E-state index in [2.05, 4.69) is 180 Å². The first kappa shape index (κ1) is 98.9. The molecule has 4 aromatic carbocycles. The maximum Gasteiger partial charge on any atom is 0.404 e. The molecule has 5 fully saturated rings. The molecular formula is C103H140F5N9O8S. The van der Waals surface area contributed by atoms with Crippen molar-refractivity contribution < 1.29 is 58.7 Å². The third-order valence-electron chi connectivity index (χ3n) is 25.4. The summed E-state index contributed by atoms with van der Waals surface area (Å²) < 4.78 is 107. The molecule has 4 saturated carbocycles. The number of aryl methyl sites for hydroxylation is 2. The summed E-state index contributed by atoms with van der Waals surface area (Å²) in [4.78, 5) is 36.7. The first-order valence-electron chi connectivity index (χ1n) is 44.8. The van der Waals surface area contributed by atoms with E-state index < -0.39 is 40.2 Å². The van der Waals surface area contributed by atoms with Gasteiger partial charge in [0.15, 0.2) is 34.7 Å². The van der Waals surface area contributed by atoms with Crippen molar-refractivity contribution in [3.05, 3.63) is 195 Å². The number of ether oxygens (including phenoxy) is 2. The molecule has 2 amide bonds. The maximum absolute atomic E-state index is 14.3. The molecule has 1 saturated heterocycles. The molecular weight excluding hydrogens is 1620 g/mol. The van der Waals surface area contributed by atoms with Gasteiger partial charge in [0.2, 0.25) is 5.91 Å². The van der Waals surface area contributed by atoms with Gasteiger partial charge in [0, 0.05) is 110 Å². The molecule has 2 aliphatic heterocycles. The number of carbonyl (C=O) groups excluding carboxylic acids is 2. The third kappa shape index (κ3) is 23.8. The number of benzene rings is 4. The summed E-state index contributed by atoms with van der Waals surface area (Å²) in [7, 11) is -0.953. The number of carbonyl (C=O) groups is 2. The zero-order chi connectivity index (χ0) is 93.5. The van der Waals surface area contributed by atoms with Crippen molar-refractivity contribution >= 4 is 50.4 Å². The lowest BCUT2D eigenvalue weighted by molar-refractivity contribution is -0.173. The number of alkyl halides is 1. The lowest BCUT2D eigenvalue weighted by Gasteiger charge is -2.33. The Kier molecular flexibility index (Phi) is 29.7. The van der Waals surface area contributed by atoms with E-state index >= 15 is 0 Å². The Bertz CT molecular complexity index is 5490. The van der Waals surface area contributed by atoms with Gasteiger partial charge in [0.1, 0.15) is 40.1 Å². The minimum Gasteiger partial charge on any atom is -0.468 e. The van der Waals surface area contributed by atoms with E-state index in [1.807, 2.05) is 107 Å². The molecule has 3 N–H and O–H groups in total. The normalized spacial score (nSPS) is 21.0. The van der Waals surface area contributed by atoms with Crippen LogP contribution < -0.4 is 25.6 Å². The average molecular weight is 1760 g/mol. The van der Waals surface area contributed by atoms with Crippen LogP contribution in [-0.2, 0) is 60.9 Å². The lowest BCUT2D eigenvalue weighted by Crippen LogP contribution is -2.39. The summed E-state index contributed by atoms with van der Waals surface area (Å²) in [6, 6.07) is 24.3. The number of hydrogen-bond donors (Lipinski definition) is 2. The molecule has 5 aliphatic carbocycles. The van der Waals surface area contributed by atoms with Gasteiger partial charge in [-0.15, -0.1) is 0 Å². The van der Waals surface area contributed by atoms with Gasteiger partial charge < -0.3 is 33.2 Å². The van der Waals surface area contributed by atoms with Crippen molar-refractivity contribution in [3.8, 4) is 22.6 Å². The van der Waals surface area contributed by atoms with E-state index in [1.165, 1.54) is 73.9 Å². The van der Waals surface area contributed by atoms with Crippen LogP contribution in [0.25, 0.3) is 33.1 Å². The van der Waals surface area contributed by atoms with Gasteiger partial charge in [0.25, 0.3) is 5.91 Å². The van der Waals surface area contributed by atoms with Crippen molar-refractivity contribution in [2.75, 3.05) is 11.3 Å². The molecule has 686 valence electrons. The predicted octanol–water partition coefficient (Wildman–Crippen LogP) is 26.5. The second-order valence-corrected chi connectivity index (χ2v) is 45.3. The number of hydrogen-bond acceptors (Lipinski definition) is 14. The standard InChI is InChI=1S/C18H21FO.C16H20F2N2.C14H17NOS.C13H19N3O.C12H14F2O2.C11H17NO.C10H18.C9H14N2O2/c1-18(2,3)13-6-9-17-15(10-13)16(11-20-17)12-4-7-14(19)8-5-12;1-16(2,3)15-19-12-9-8-11(17)13(18)14(12)20(15)10-6-4-5-7-10;1-14(2,3)12-7-8-15-13-9-10(17(4)16)5-6-11(12)13;1-9-8-11(17)15-16(9)12-10(13(2,3)4)6-5-7-14-12;1-11(2,3)7-5-9-10(6-8(7)13)16-12(4,14)15-9;1-7-5-8(7)9-6-10(13-12-9)11(2,3)4;1-9(2,3)10-6-4-5-8(10)7-10;1-5-6(8(10)12)7(13-11-5)9(2,3)4/h4-5,7-8,11,13H,6,9-10H2,1-3H3;8-10H,4-7H2,1-3H3;5-9H,1-4H3;5-7,9H,8H2,1-4H3,(H,15,17);5-6H,1-4H3;6-8H,5H2,1-4H3;8H,4-7H2,1-3H3;1-4H3,(H2,10,12). The van der Waals surface area contributed by atoms with Crippen LogP contribution >= 0.6 is 0 Å². The smallest absolute Gasteiger partial charge is 0.404 e. The monoisotopic (exact) mass is 1760 g/mol. The molecule has 8 unspecified atom stereocenters. The molecule has 6 aromatic heterocycles. The molecule has 10 aromatic rings. The molecule has 7 aliphatic rings. The van der Waals surface area contributed by atoms with Crippen LogP contribution in [0.2, 0.25) is 0 Å². The van der Waals surface area contributed by atoms with E-state index in [0.29, 0.717) is 62.7 Å². The fourth-order valence-corrected chi connectivity index (χ4v) is 18.3. The topological polar surface area (TPSA) is 220 Å². The van der Waals surface area contributed by atoms with E-state index in [9.17, 15) is 35.8 Å². The van der Waals surface area contributed by atoms with Crippen LogP contribution in [0, 0.1) is 64.2 Å². The summed E-state index contributed by atoms with van der Waals surface area (Å²) in [6.45, 7) is 58.4. The Morgan fingerprint density at radius 2 is 1.28 bits per heavy atom. The Labute approximate surface area is 747 Å². The number of halogens is 5. The van der Waals surface area contributed by atoms with Crippen LogP contribution in [0.5, 0.6) is 11.5 Å². The summed E-state index contributed by atoms with van der Waals surface area (Å²) in [5.74, 6) is 5.41. The molecule has 0 radical (unpaired) electrons. The van der Waals surface area contributed by atoms with Crippen molar-refractivity contribution in [3.63, 3.8) is 0 Å². The Hall–Kier alpha value is -9.25. The highest BCUT2D eigenvalue weighted by Gasteiger charge is 2.62. The molecule has 23 heteroatoms. The van der Waals surface area contributed by atoms with Crippen LogP contribution in [0.15, 0.2) is 128 Å². The number of rotatable bonds is 6. The zero-order valence-electron chi connectivity index (χ0n) is 80.3. The highest BCUT2D eigenvalue weighted by atomic mass is 32.2. The van der Waals surface area contributed by atoms with Crippen LogP contribution in [0.1, 0.15) is 337 Å². The number of aromatic nitrogens is 6. The Morgan fingerprint density at radius 3 is 1.78 bits per heavy atom. The van der Waals surface area contributed by atoms with Gasteiger partial charge in [-0.3, -0.25) is 29.2 Å². The number of primary amides is 1. The number of pyridine rings is 2. The van der Waals surface area contributed by atoms with Crippen molar-refractivity contribution in [2.24, 2.45) is 39.7 Å². The van der Waals surface area contributed by atoms with Crippen LogP contribution in [-0.4, -0.2) is 64.2 Å². The van der Waals surface area contributed by atoms with Crippen LogP contribution in [0.4, 0.5) is 27.8 Å². The van der Waals surface area contributed by atoms with Crippen molar-refractivity contribution in [1.29, 1.82) is 0 Å². The summed E-state index contributed by atoms with van der Waals surface area (Å²) in [5.41, 5.74) is 19.5. The largest absolute Gasteiger partial charge is 0.468 e. The number of fused-ring (bicyclic) bond motifs is 5. The summed E-state index contributed by atoms with van der Waals surface area (Å²) in [6.07, 6.45) is 22.6. The molecule has 8 heterocycles. The van der Waals surface area contributed by atoms with E-state index in [-0.39, 0.29) is 67.8 Å². The average Bonchev–Trinajstić information content (AvgIpc) is 1.54. The lowest BCUT2D eigenvalue weighted by atomic mass is 9.71. The molecule has 126 heavy (non-hydrogen) atoms. The number of nitrogens with two attached hydrogens (primary N) is 1. The predicted molar refractivity (Wildman–Crippen MR) is 495 cm³/mol. The molecule has 0 bridgehead atoms. The first-order valence-corrected chi connectivity index (χ1v) is 46.4. The fourth-order valence-electron chi connectivity index (χ4n) is 17.8. The highest BCUT2D eigenvalue weighted by Crippen LogP contribution is 2.71. The molecule has 0 spiro atoms. The second-order valence-electron chi connectivity index (χ2n) is 43.9. The molecule has 8 atom stereocenters. The molecule has 17 nitrogen and oxygen atoms in total. The van der Waals surface area contributed by atoms with E-state index in [0.717, 1.165) is 130 Å². The van der Waals surface area contributed by atoms with Crippen LogP contribution in [0.3, 0.4) is 0 Å². The van der Waals surface area contributed by atoms with Gasteiger partial charge in [-0.25, -0.2) is 27.5 Å². The zero-order valence-corrected chi connectivity index (χ0v) is 81.1. The Morgan fingerprint density at radius 1 is 0.651 bits per heavy atom. The van der Waals surface area contributed by atoms with Gasteiger partial charge in [-0.1, -0.05) is 227 Å². The minimum absolute atomic E-state index is 0.0105. The fraction of sp³-hybridized carbons (Fsp3) is 0.563. The summed E-state index contributed by atoms with van der Waals surface area (Å²) in [5, 5.41) is 10.9. The van der Waals surface area contributed by atoms with Gasteiger partial charge in [-0.05, 0) is 187 Å². The number of imidazole rings is 1. The second kappa shape index (κ2) is 37.8. The Balaban J connectivity index is 0.000000151. The number of furan rings is 1. The number of hydrazine groups is 1. The minimum atomic E-state index is -2.20. The SMILES string of the molecule is CC(C)(C)C12CCCC1C2.CC(C)(C)C1CCc2occ(-c3ccc(F)cc3)c2C1.CC(C)(C)c1nc2ccc(F)c(F)c2n1C1CCCC1.CC1(F)Oc2cc(F)c(C(C)(C)C)cc2O1.CC1CC(=O)NN1c1ncccc1C(C)(C)C.CC1CC1c1cc(C(C)(C)C)on1.CS(=O)c1ccc2c(C(C)(C)C)ccnc2c1.Cc1noc(C(C)(C)C)c1C(N)=O. The third-order valence-corrected chi connectivity index (χ3v) is 26.3. The van der Waals surface area contributed by atoms with Gasteiger partial charge in [0.05, 0.1) is 41.1 Å². The number of amides is 2. The number of nitrogens with zero attached hydrogens (tertiary/aromatic N) is 7. The maximum atomic E-state index is 14.3. The first-order chi connectivity index (χ1) is 58.2. The number of anilines is 1. The number of nitrogens with one attached hydrogen (secondary N) is 1. The van der Waals surface area contributed by atoms with E-state index in [1.54, 1.807) is 25.4 Å².